The van der Waals surface area contributed by atoms with Crippen molar-refractivity contribution >= 4 is 11.6 Å². The topological polar surface area (TPSA) is 74.5 Å². The summed E-state index contributed by atoms with van der Waals surface area (Å²) in [7, 11) is 3.26. The first kappa shape index (κ1) is 22.7. The molecule has 1 spiro atoms. The first-order chi connectivity index (χ1) is 16.5. The Morgan fingerprint density at radius 1 is 1.12 bits per heavy atom. The van der Waals surface area contributed by atoms with Crippen molar-refractivity contribution in [1.29, 1.82) is 0 Å². The molecule has 1 aromatic carbocycles. The van der Waals surface area contributed by atoms with E-state index in [1.54, 1.807) is 14.2 Å². The number of fused-ring (bicyclic) bond motifs is 1. The first-order valence-corrected chi connectivity index (χ1v) is 11.7. The molecular formula is C26H31N3O5. The van der Waals surface area contributed by atoms with Gasteiger partial charge in [0.15, 0.2) is 5.79 Å². The van der Waals surface area contributed by atoms with Gasteiger partial charge < -0.3 is 28.2 Å². The van der Waals surface area contributed by atoms with E-state index in [-0.39, 0.29) is 11.8 Å². The van der Waals surface area contributed by atoms with E-state index in [9.17, 15) is 4.79 Å². The minimum atomic E-state index is -0.504. The van der Waals surface area contributed by atoms with Gasteiger partial charge in [0.2, 0.25) is 5.91 Å². The summed E-state index contributed by atoms with van der Waals surface area (Å²) in [6.45, 7) is 4.54. The fraction of sp³-hybridized carbons (Fsp3) is 0.462. The molecule has 2 fully saturated rings. The van der Waals surface area contributed by atoms with Crippen molar-refractivity contribution in [3.05, 3.63) is 59.5 Å². The minimum absolute atomic E-state index is 0.0993. The van der Waals surface area contributed by atoms with E-state index in [1.807, 2.05) is 54.5 Å². The van der Waals surface area contributed by atoms with Crippen molar-refractivity contribution in [2.75, 3.05) is 40.5 Å². The van der Waals surface area contributed by atoms with Crippen molar-refractivity contribution in [2.45, 2.75) is 37.9 Å². The van der Waals surface area contributed by atoms with Crippen LogP contribution in [0.4, 0.5) is 0 Å². The highest BCUT2D eigenvalue weighted by atomic mass is 16.7. The second-order valence-corrected chi connectivity index (χ2v) is 8.96. The molecule has 3 aromatic rings. The van der Waals surface area contributed by atoms with Crippen LogP contribution in [0.25, 0.3) is 5.65 Å². The fourth-order valence-electron chi connectivity index (χ4n) is 5.04. The van der Waals surface area contributed by atoms with Crippen molar-refractivity contribution in [3.63, 3.8) is 0 Å². The summed E-state index contributed by atoms with van der Waals surface area (Å²) < 4.78 is 24.8. The van der Waals surface area contributed by atoms with Crippen LogP contribution in [0.15, 0.2) is 42.7 Å². The van der Waals surface area contributed by atoms with Gasteiger partial charge >= 0.3 is 0 Å². The highest BCUT2D eigenvalue weighted by Crippen LogP contribution is 2.36. The van der Waals surface area contributed by atoms with Crippen LogP contribution < -0.4 is 9.47 Å². The Bertz CT molecular complexity index is 1150. The molecule has 1 atom stereocenters. The Morgan fingerprint density at radius 2 is 1.79 bits per heavy atom. The van der Waals surface area contributed by atoms with Gasteiger partial charge in [-0.3, -0.25) is 4.79 Å². The number of carbonyl (C=O) groups excluding carboxylic acids is 1. The highest BCUT2D eigenvalue weighted by molar-refractivity contribution is 5.78. The second-order valence-electron chi connectivity index (χ2n) is 8.96. The molecule has 2 saturated heterocycles. The van der Waals surface area contributed by atoms with E-state index < -0.39 is 5.79 Å². The molecule has 2 aliphatic heterocycles. The Balaban J connectivity index is 1.47. The van der Waals surface area contributed by atoms with Gasteiger partial charge in [0.25, 0.3) is 0 Å². The van der Waals surface area contributed by atoms with Crippen LogP contribution in [0.5, 0.6) is 11.5 Å². The molecule has 1 unspecified atom stereocenters. The van der Waals surface area contributed by atoms with Crippen LogP contribution in [0.1, 0.15) is 42.0 Å². The third-order valence-electron chi connectivity index (χ3n) is 6.96. The van der Waals surface area contributed by atoms with Crippen molar-refractivity contribution < 1.29 is 23.7 Å². The molecule has 0 radical (unpaired) electrons. The van der Waals surface area contributed by atoms with Crippen molar-refractivity contribution in [2.24, 2.45) is 0 Å². The predicted octanol–water partition coefficient (Wildman–Crippen LogP) is 3.55. The molecule has 4 heterocycles. The van der Waals surface area contributed by atoms with E-state index in [2.05, 4.69) is 9.38 Å². The normalized spacial score (nSPS) is 18.4. The maximum atomic E-state index is 13.5. The van der Waals surface area contributed by atoms with Crippen molar-refractivity contribution in [3.8, 4) is 11.5 Å². The van der Waals surface area contributed by atoms with Gasteiger partial charge in [0.05, 0.1) is 33.1 Å². The number of hydrogen-bond acceptors (Lipinski definition) is 6. The highest BCUT2D eigenvalue weighted by Gasteiger charge is 2.41. The standard InChI is InChI=1S/C26H31N3O5/c1-18-5-4-8-29-23(17-27-25(18)29)22(19-13-20(31-2)15-21(14-19)32-3)16-24(30)28-9-6-26(7-10-28)33-11-12-34-26/h4-5,8,13-15,17,22H,6-7,9-12,16H2,1-3H3. The molecule has 0 aliphatic carbocycles. The van der Waals surface area contributed by atoms with Gasteiger partial charge in [0, 0.05) is 56.7 Å². The molecule has 8 nitrogen and oxygen atoms in total. The fourth-order valence-corrected chi connectivity index (χ4v) is 5.04. The molecule has 1 amide bonds. The Hall–Kier alpha value is -3.10. The third-order valence-corrected chi connectivity index (χ3v) is 6.96. The number of piperidine rings is 1. The maximum absolute atomic E-state index is 13.5. The number of amides is 1. The van der Waals surface area contributed by atoms with Crippen LogP contribution in [0.3, 0.4) is 0 Å². The molecule has 180 valence electrons. The molecule has 2 aliphatic rings. The smallest absolute Gasteiger partial charge is 0.223 e. The maximum Gasteiger partial charge on any atom is 0.223 e. The summed E-state index contributed by atoms with van der Waals surface area (Å²) in [6, 6.07) is 9.83. The Labute approximate surface area is 199 Å². The minimum Gasteiger partial charge on any atom is -0.497 e. The van der Waals surface area contributed by atoms with Gasteiger partial charge in [-0.05, 0) is 36.2 Å². The van der Waals surface area contributed by atoms with E-state index in [0.29, 0.717) is 57.1 Å². The van der Waals surface area contributed by atoms with Gasteiger partial charge in [-0.25, -0.2) is 4.98 Å². The summed E-state index contributed by atoms with van der Waals surface area (Å²) in [6.07, 6.45) is 5.58. The monoisotopic (exact) mass is 465 g/mol. The van der Waals surface area contributed by atoms with E-state index >= 15 is 0 Å². The summed E-state index contributed by atoms with van der Waals surface area (Å²) in [5, 5.41) is 0. The van der Waals surface area contributed by atoms with Gasteiger partial charge in [-0.1, -0.05) is 6.07 Å². The average molecular weight is 466 g/mol. The zero-order chi connectivity index (χ0) is 23.7. The number of aromatic nitrogens is 2. The lowest BCUT2D eigenvalue weighted by atomic mass is 9.91. The summed E-state index contributed by atoms with van der Waals surface area (Å²) >= 11 is 0. The predicted molar refractivity (Wildman–Crippen MR) is 126 cm³/mol. The zero-order valence-electron chi connectivity index (χ0n) is 20.0. The molecule has 0 saturated carbocycles. The summed E-state index contributed by atoms with van der Waals surface area (Å²) in [4.78, 5) is 20.1. The largest absolute Gasteiger partial charge is 0.497 e. The number of methoxy groups -OCH3 is 2. The number of nitrogens with zero attached hydrogens (tertiary/aromatic N) is 3. The number of imidazole rings is 1. The number of likely N-dealkylation sites (tertiary alicyclic amines) is 1. The number of pyridine rings is 1. The number of benzene rings is 1. The van der Waals surface area contributed by atoms with Crippen LogP contribution in [-0.4, -0.2) is 66.5 Å². The molecule has 5 rings (SSSR count). The Morgan fingerprint density at radius 3 is 2.44 bits per heavy atom. The SMILES string of the molecule is COc1cc(OC)cc(C(CC(=O)N2CCC3(CC2)OCCO3)c2cnc3c(C)cccn23)c1. The van der Waals surface area contributed by atoms with Crippen LogP contribution in [0, 0.1) is 6.92 Å². The lowest BCUT2D eigenvalue weighted by Gasteiger charge is -2.38. The van der Waals surface area contributed by atoms with Crippen LogP contribution >= 0.6 is 0 Å². The van der Waals surface area contributed by atoms with E-state index in [0.717, 1.165) is 22.5 Å². The number of aryl methyl sites for hydroxylation is 1. The second kappa shape index (κ2) is 9.27. The van der Waals surface area contributed by atoms with E-state index in [4.69, 9.17) is 18.9 Å². The molecule has 8 heteroatoms. The van der Waals surface area contributed by atoms with Crippen molar-refractivity contribution in [1.82, 2.24) is 14.3 Å². The van der Waals surface area contributed by atoms with E-state index in [1.165, 1.54) is 0 Å². The lowest BCUT2D eigenvalue weighted by molar-refractivity contribution is -0.187. The molecule has 0 N–H and O–H groups in total. The lowest BCUT2D eigenvalue weighted by Crippen LogP contribution is -2.47. The number of hydrogen-bond donors (Lipinski definition) is 0. The third kappa shape index (κ3) is 4.23. The molecule has 0 bridgehead atoms. The zero-order valence-corrected chi connectivity index (χ0v) is 20.0. The summed E-state index contributed by atoms with van der Waals surface area (Å²) in [5.74, 6) is 0.750. The summed E-state index contributed by atoms with van der Waals surface area (Å²) in [5.41, 5.74) is 3.88. The van der Waals surface area contributed by atoms with Gasteiger partial charge in [-0.15, -0.1) is 0 Å². The van der Waals surface area contributed by atoms with Gasteiger partial charge in [-0.2, -0.15) is 0 Å². The number of carbonyl (C=O) groups is 1. The average Bonchev–Trinajstić information content (AvgIpc) is 3.50. The Kier molecular flexibility index (Phi) is 6.18. The molecule has 2 aromatic heterocycles. The van der Waals surface area contributed by atoms with Crippen LogP contribution in [-0.2, 0) is 14.3 Å². The quantitative estimate of drug-likeness (QED) is 0.554. The molecular weight excluding hydrogens is 434 g/mol. The first-order valence-electron chi connectivity index (χ1n) is 11.7. The number of rotatable bonds is 6. The number of ether oxygens (including phenoxy) is 4. The molecule has 34 heavy (non-hydrogen) atoms. The van der Waals surface area contributed by atoms with Crippen LogP contribution in [0.2, 0.25) is 0 Å². The van der Waals surface area contributed by atoms with Gasteiger partial charge in [0.1, 0.15) is 17.1 Å².